The predicted molar refractivity (Wildman–Crippen MR) is 112 cm³/mol. The molecule has 0 fully saturated rings. The third-order valence-corrected chi connectivity index (χ3v) is 5.04. The Morgan fingerprint density at radius 2 is 1.79 bits per heavy atom. The van der Waals surface area contributed by atoms with Gasteiger partial charge >= 0.3 is 0 Å². The lowest BCUT2D eigenvalue weighted by Crippen LogP contribution is -2.22. The molecule has 0 N–H and O–H groups in total. The van der Waals surface area contributed by atoms with Crippen molar-refractivity contribution in [2.24, 2.45) is 0 Å². The first-order valence-corrected chi connectivity index (χ1v) is 9.72. The molecule has 4 heteroatoms. The predicted octanol–water partition coefficient (Wildman–Crippen LogP) is 5.24. The van der Waals surface area contributed by atoms with E-state index in [0.717, 1.165) is 40.2 Å². The van der Waals surface area contributed by atoms with Gasteiger partial charge in [0.05, 0.1) is 5.69 Å². The van der Waals surface area contributed by atoms with Crippen LogP contribution in [0, 0.1) is 20.8 Å². The van der Waals surface area contributed by atoms with Crippen molar-refractivity contribution in [3.63, 3.8) is 0 Å². The molecule has 0 saturated heterocycles. The molecule has 2 aromatic carbocycles. The van der Waals surface area contributed by atoms with E-state index in [4.69, 9.17) is 4.74 Å². The number of benzene rings is 2. The average molecular weight is 377 g/mol. The van der Waals surface area contributed by atoms with Crippen LogP contribution in [-0.2, 0) is 6.42 Å². The monoisotopic (exact) mass is 376 g/mol. The Balaban J connectivity index is 1.77. The third-order valence-electron chi connectivity index (χ3n) is 5.04. The largest absolute Gasteiger partial charge is 0.483 e. The Hall–Kier alpha value is -2.88. The normalized spacial score (nSPS) is 11.1. The highest BCUT2D eigenvalue weighted by atomic mass is 16.5. The molecule has 0 amide bonds. The van der Waals surface area contributed by atoms with Crippen LogP contribution in [0.1, 0.15) is 58.2 Å². The second kappa shape index (κ2) is 8.42. The number of hydrogen-bond donors (Lipinski definition) is 0. The number of nitrogens with zero attached hydrogens (tertiary/aromatic N) is 2. The van der Waals surface area contributed by atoms with Gasteiger partial charge in [-0.2, -0.15) is 5.10 Å². The maximum atomic E-state index is 12.8. The molecular weight excluding hydrogens is 348 g/mol. The topological polar surface area (TPSA) is 44.1 Å². The van der Waals surface area contributed by atoms with Crippen LogP contribution < -0.4 is 4.74 Å². The third kappa shape index (κ3) is 4.33. The van der Waals surface area contributed by atoms with E-state index in [2.05, 4.69) is 43.2 Å². The summed E-state index contributed by atoms with van der Waals surface area (Å²) >= 11 is 0. The minimum Gasteiger partial charge on any atom is -0.483 e. The van der Waals surface area contributed by atoms with Gasteiger partial charge in [0.2, 0.25) is 0 Å². The lowest BCUT2D eigenvalue weighted by atomic mass is 10.0. The average Bonchev–Trinajstić information content (AvgIpc) is 2.95. The van der Waals surface area contributed by atoms with Crippen LogP contribution in [0.4, 0.5) is 0 Å². The van der Waals surface area contributed by atoms with E-state index in [9.17, 15) is 4.79 Å². The van der Waals surface area contributed by atoms with E-state index in [1.807, 2.05) is 45.0 Å². The molecule has 0 aliphatic carbocycles. The Morgan fingerprint density at radius 3 is 2.46 bits per heavy atom. The second-order valence-electron chi connectivity index (χ2n) is 7.60. The van der Waals surface area contributed by atoms with E-state index in [0.29, 0.717) is 5.92 Å². The van der Waals surface area contributed by atoms with Crippen LogP contribution in [0.5, 0.6) is 5.75 Å². The Bertz CT molecular complexity index is 972. The van der Waals surface area contributed by atoms with E-state index < -0.39 is 0 Å². The maximum absolute atomic E-state index is 12.8. The standard InChI is InChI=1S/C24H28N2O2/c1-16(2)21-12-11-17(3)13-23(21)28-15-24(27)26-19(5)22(18(4)25-26)14-20-9-7-6-8-10-20/h6-13,16H,14-15H2,1-5H3. The molecular formula is C24H28N2O2. The molecule has 1 heterocycles. The molecule has 0 saturated carbocycles. The number of carbonyl (C=O) groups excluding carboxylic acids is 1. The summed E-state index contributed by atoms with van der Waals surface area (Å²) in [6, 6.07) is 16.4. The number of ether oxygens (including phenoxy) is 1. The zero-order valence-corrected chi connectivity index (χ0v) is 17.3. The second-order valence-corrected chi connectivity index (χ2v) is 7.60. The fourth-order valence-electron chi connectivity index (χ4n) is 3.42. The van der Waals surface area contributed by atoms with Gasteiger partial charge in [0.1, 0.15) is 5.75 Å². The SMILES string of the molecule is Cc1ccc(C(C)C)c(OCC(=O)n2nc(C)c(Cc3ccccc3)c2C)c1. The zero-order chi connectivity index (χ0) is 20.3. The Kier molecular flexibility index (Phi) is 5.98. The molecule has 0 spiro atoms. The highest BCUT2D eigenvalue weighted by Gasteiger charge is 2.18. The van der Waals surface area contributed by atoms with Crippen molar-refractivity contribution in [1.82, 2.24) is 9.78 Å². The van der Waals surface area contributed by atoms with Gasteiger partial charge in [-0.25, -0.2) is 4.68 Å². The van der Waals surface area contributed by atoms with Gasteiger partial charge in [-0.15, -0.1) is 0 Å². The maximum Gasteiger partial charge on any atom is 0.284 e. The van der Waals surface area contributed by atoms with E-state index >= 15 is 0 Å². The van der Waals surface area contributed by atoms with Crippen LogP contribution in [0.15, 0.2) is 48.5 Å². The fraction of sp³-hybridized carbons (Fsp3) is 0.333. The van der Waals surface area contributed by atoms with Crippen molar-refractivity contribution in [2.75, 3.05) is 6.61 Å². The number of hydrogen-bond acceptors (Lipinski definition) is 3. The van der Waals surface area contributed by atoms with Crippen molar-refractivity contribution < 1.29 is 9.53 Å². The molecule has 3 aromatic rings. The molecule has 0 aliphatic heterocycles. The Morgan fingerprint density at radius 1 is 1.07 bits per heavy atom. The molecule has 0 radical (unpaired) electrons. The highest BCUT2D eigenvalue weighted by Crippen LogP contribution is 2.27. The van der Waals surface area contributed by atoms with Gasteiger partial charge in [-0.3, -0.25) is 4.79 Å². The van der Waals surface area contributed by atoms with Gasteiger partial charge in [0, 0.05) is 17.7 Å². The lowest BCUT2D eigenvalue weighted by molar-refractivity contribution is 0.0817. The molecule has 1 aromatic heterocycles. The summed E-state index contributed by atoms with van der Waals surface area (Å²) in [6.07, 6.45) is 0.766. The summed E-state index contributed by atoms with van der Waals surface area (Å²) in [7, 11) is 0. The first-order chi connectivity index (χ1) is 13.4. The number of aryl methyl sites for hydroxylation is 2. The molecule has 0 atom stereocenters. The Labute approximate surface area is 167 Å². The zero-order valence-electron chi connectivity index (χ0n) is 17.3. The van der Waals surface area contributed by atoms with E-state index in [1.165, 1.54) is 10.2 Å². The minimum absolute atomic E-state index is 0.0318. The molecule has 0 unspecified atom stereocenters. The van der Waals surface area contributed by atoms with Crippen LogP contribution in [0.2, 0.25) is 0 Å². The molecule has 146 valence electrons. The first kappa shape index (κ1) is 19.9. The quantitative estimate of drug-likeness (QED) is 0.591. The highest BCUT2D eigenvalue weighted by molar-refractivity contribution is 5.80. The van der Waals surface area contributed by atoms with Gasteiger partial charge in [0.25, 0.3) is 5.91 Å². The van der Waals surface area contributed by atoms with Gasteiger partial charge in [-0.05, 0) is 49.4 Å². The van der Waals surface area contributed by atoms with E-state index in [-0.39, 0.29) is 12.5 Å². The van der Waals surface area contributed by atoms with E-state index in [1.54, 1.807) is 0 Å². The van der Waals surface area contributed by atoms with Gasteiger partial charge in [-0.1, -0.05) is 56.3 Å². The number of aromatic nitrogens is 2. The molecule has 0 bridgehead atoms. The molecule has 3 rings (SSSR count). The number of carbonyl (C=O) groups is 1. The summed E-state index contributed by atoms with van der Waals surface area (Å²) in [5, 5.41) is 4.48. The van der Waals surface area contributed by atoms with Crippen molar-refractivity contribution in [2.45, 2.75) is 47.0 Å². The smallest absolute Gasteiger partial charge is 0.284 e. The number of rotatable bonds is 6. The van der Waals surface area contributed by atoms with Crippen LogP contribution in [0.25, 0.3) is 0 Å². The fourth-order valence-corrected chi connectivity index (χ4v) is 3.42. The summed E-state index contributed by atoms with van der Waals surface area (Å²) in [4.78, 5) is 12.8. The summed E-state index contributed by atoms with van der Waals surface area (Å²) in [5.41, 5.74) is 6.28. The summed E-state index contributed by atoms with van der Waals surface area (Å²) in [5.74, 6) is 0.947. The summed E-state index contributed by atoms with van der Waals surface area (Å²) < 4.78 is 7.39. The molecule has 4 nitrogen and oxygen atoms in total. The summed E-state index contributed by atoms with van der Waals surface area (Å²) in [6.45, 7) is 10.1. The minimum atomic E-state index is -0.156. The van der Waals surface area contributed by atoms with Crippen LogP contribution >= 0.6 is 0 Å². The van der Waals surface area contributed by atoms with Crippen LogP contribution in [-0.4, -0.2) is 22.3 Å². The van der Waals surface area contributed by atoms with Crippen LogP contribution in [0.3, 0.4) is 0 Å². The van der Waals surface area contributed by atoms with Crippen molar-refractivity contribution in [1.29, 1.82) is 0 Å². The van der Waals surface area contributed by atoms with Gasteiger partial charge in [0.15, 0.2) is 6.61 Å². The molecule has 0 aliphatic rings. The van der Waals surface area contributed by atoms with Crippen molar-refractivity contribution in [3.05, 3.63) is 82.2 Å². The molecule has 28 heavy (non-hydrogen) atoms. The van der Waals surface area contributed by atoms with Gasteiger partial charge < -0.3 is 4.74 Å². The van der Waals surface area contributed by atoms with Crippen molar-refractivity contribution >= 4 is 5.91 Å². The van der Waals surface area contributed by atoms with Crippen molar-refractivity contribution in [3.8, 4) is 5.75 Å². The first-order valence-electron chi connectivity index (χ1n) is 9.72. The lowest BCUT2D eigenvalue weighted by Gasteiger charge is -2.14.